The molecule has 0 aliphatic heterocycles. The Morgan fingerprint density at radius 2 is 1.08 bits per heavy atom. The molecule has 0 spiro atoms. The van der Waals surface area contributed by atoms with Crippen molar-refractivity contribution in [1.82, 2.24) is 9.80 Å². The second-order valence-electron chi connectivity index (χ2n) is 7.25. The third-order valence-electron chi connectivity index (χ3n) is 5.77. The van der Waals surface area contributed by atoms with Gasteiger partial charge in [-0.25, -0.2) is 0 Å². The molecule has 1 aromatic rings. The molecule has 130 valence electrons. The fourth-order valence-corrected chi connectivity index (χ4v) is 4.15. The lowest BCUT2D eigenvalue weighted by molar-refractivity contribution is 0.0695. The Bertz CT molecular complexity index is 548. The highest BCUT2D eigenvalue weighted by molar-refractivity contribution is 6.07. The average Bonchev–Trinajstić information content (AvgIpc) is 3.32. The summed E-state index contributed by atoms with van der Waals surface area (Å²) in [5, 5.41) is 0. The summed E-state index contributed by atoms with van der Waals surface area (Å²) in [5.41, 5.74) is 1.09. The zero-order valence-electron chi connectivity index (χ0n) is 14.8. The number of hydrogen-bond acceptors (Lipinski definition) is 2. The normalized spacial score (nSPS) is 18.8. The molecule has 0 aromatic heterocycles. The highest BCUT2D eigenvalue weighted by Crippen LogP contribution is 2.26. The first-order chi connectivity index (χ1) is 11.6. The summed E-state index contributed by atoms with van der Waals surface area (Å²) in [6.45, 7) is 0. The van der Waals surface area contributed by atoms with E-state index in [9.17, 15) is 9.59 Å². The molecule has 0 atom stereocenters. The molecule has 0 bridgehead atoms. The van der Waals surface area contributed by atoms with Crippen molar-refractivity contribution >= 4 is 11.8 Å². The van der Waals surface area contributed by atoms with Crippen molar-refractivity contribution in [2.24, 2.45) is 0 Å². The monoisotopic (exact) mass is 328 g/mol. The zero-order valence-corrected chi connectivity index (χ0v) is 14.8. The lowest BCUT2D eigenvalue weighted by Gasteiger charge is -2.28. The van der Waals surface area contributed by atoms with Gasteiger partial charge in [-0.1, -0.05) is 37.8 Å². The van der Waals surface area contributed by atoms with Gasteiger partial charge >= 0.3 is 0 Å². The molecule has 0 N–H and O–H groups in total. The van der Waals surface area contributed by atoms with E-state index in [0.29, 0.717) is 23.2 Å². The van der Waals surface area contributed by atoms with Gasteiger partial charge in [0.05, 0.1) is 11.1 Å². The lowest BCUT2D eigenvalue weighted by atomic mass is 10.0. The van der Waals surface area contributed by atoms with Crippen LogP contribution in [0.2, 0.25) is 0 Å². The first kappa shape index (κ1) is 17.0. The van der Waals surface area contributed by atoms with Gasteiger partial charge in [-0.15, -0.1) is 0 Å². The fraction of sp³-hybridized carbons (Fsp3) is 0.600. The van der Waals surface area contributed by atoms with Crippen LogP contribution in [0, 0.1) is 0 Å². The molecule has 3 rings (SSSR count). The summed E-state index contributed by atoms with van der Waals surface area (Å²) in [6.07, 6.45) is 9.03. The van der Waals surface area contributed by atoms with E-state index in [2.05, 4.69) is 0 Å². The highest BCUT2D eigenvalue weighted by atomic mass is 16.2. The predicted molar refractivity (Wildman–Crippen MR) is 95.1 cm³/mol. The van der Waals surface area contributed by atoms with Gasteiger partial charge in [0.1, 0.15) is 0 Å². The minimum absolute atomic E-state index is 0.0225. The van der Waals surface area contributed by atoms with Crippen LogP contribution < -0.4 is 0 Å². The van der Waals surface area contributed by atoms with E-state index in [4.69, 9.17) is 0 Å². The summed E-state index contributed by atoms with van der Waals surface area (Å²) in [6, 6.07) is 7.92. The Kier molecular flexibility index (Phi) is 5.22. The van der Waals surface area contributed by atoms with Crippen molar-refractivity contribution in [1.29, 1.82) is 0 Å². The van der Waals surface area contributed by atoms with Crippen LogP contribution in [0.25, 0.3) is 0 Å². The molecule has 4 nitrogen and oxygen atoms in total. The summed E-state index contributed by atoms with van der Waals surface area (Å²) < 4.78 is 0. The van der Waals surface area contributed by atoms with Crippen LogP contribution in [0.3, 0.4) is 0 Å². The largest absolute Gasteiger partial charge is 0.339 e. The van der Waals surface area contributed by atoms with Crippen molar-refractivity contribution < 1.29 is 9.59 Å². The minimum atomic E-state index is -0.0225. The van der Waals surface area contributed by atoms with Crippen LogP contribution in [0.5, 0.6) is 0 Å². The average molecular weight is 328 g/mol. The van der Waals surface area contributed by atoms with Crippen LogP contribution in [0.15, 0.2) is 24.3 Å². The Hall–Kier alpha value is -1.84. The number of benzene rings is 1. The Balaban J connectivity index is 1.81. The number of carbonyl (C=O) groups is 2. The van der Waals surface area contributed by atoms with E-state index >= 15 is 0 Å². The molecule has 2 aliphatic carbocycles. The van der Waals surface area contributed by atoms with Gasteiger partial charge in [-0.3, -0.25) is 9.59 Å². The summed E-state index contributed by atoms with van der Waals surface area (Å²) >= 11 is 0. The van der Waals surface area contributed by atoms with Gasteiger partial charge in [0.15, 0.2) is 0 Å². The van der Waals surface area contributed by atoms with E-state index in [1.807, 2.05) is 36.0 Å². The first-order valence-electron chi connectivity index (χ1n) is 9.23. The summed E-state index contributed by atoms with van der Waals surface area (Å²) in [4.78, 5) is 29.6. The van der Waals surface area contributed by atoms with Crippen molar-refractivity contribution in [3.8, 4) is 0 Å². The minimum Gasteiger partial charge on any atom is -0.339 e. The molecule has 0 saturated heterocycles. The number of rotatable bonds is 4. The van der Waals surface area contributed by atoms with E-state index in [-0.39, 0.29) is 11.8 Å². The third kappa shape index (κ3) is 3.33. The number of amides is 2. The molecular formula is C20H28N2O2. The maximum absolute atomic E-state index is 13.0. The number of carbonyl (C=O) groups excluding carboxylic acids is 2. The smallest absolute Gasteiger partial charge is 0.254 e. The van der Waals surface area contributed by atoms with Crippen molar-refractivity contribution in [3.63, 3.8) is 0 Å². The maximum atomic E-state index is 13.0. The SMILES string of the molecule is CN(C(=O)c1ccccc1C(=O)N(C)C1CCCC1)C1CCCC1. The summed E-state index contributed by atoms with van der Waals surface area (Å²) in [5.74, 6) is -0.0451. The summed E-state index contributed by atoms with van der Waals surface area (Å²) in [7, 11) is 3.75. The Morgan fingerprint density at radius 1 is 0.750 bits per heavy atom. The standard InChI is InChI=1S/C20H28N2O2/c1-21(15-9-3-4-10-15)19(23)17-13-7-8-14-18(17)20(24)22(2)16-11-5-6-12-16/h7-8,13-16H,3-6,9-12H2,1-2H3. The van der Waals surface area contributed by atoms with Gasteiger partial charge < -0.3 is 9.80 Å². The molecule has 2 amide bonds. The second kappa shape index (κ2) is 7.37. The van der Waals surface area contributed by atoms with Gasteiger partial charge in [-0.2, -0.15) is 0 Å². The number of nitrogens with zero attached hydrogens (tertiary/aromatic N) is 2. The van der Waals surface area contributed by atoms with E-state index in [0.717, 1.165) is 25.7 Å². The molecule has 2 fully saturated rings. The van der Waals surface area contributed by atoms with Crippen LogP contribution in [0.4, 0.5) is 0 Å². The highest BCUT2D eigenvalue weighted by Gasteiger charge is 2.29. The fourth-order valence-electron chi connectivity index (χ4n) is 4.15. The lowest BCUT2D eigenvalue weighted by Crippen LogP contribution is -2.39. The van der Waals surface area contributed by atoms with Crippen molar-refractivity contribution in [3.05, 3.63) is 35.4 Å². The van der Waals surface area contributed by atoms with Crippen LogP contribution in [-0.2, 0) is 0 Å². The van der Waals surface area contributed by atoms with Crippen LogP contribution in [-0.4, -0.2) is 47.8 Å². The molecule has 0 heterocycles. The number of hydrogen-bond donors (Lipinski definition) is 0. The molecular weight excluding hydrogens is 300 g/mol. The molecule has 0 radical (unpaired) electrons. The maximum Gasteiger partial charge on any atom is 0.254 e. The molecule has 0 unspecified atom stereocenters. The van der Waals surface area contributed by atoms with E-state index < -0.39 is 0 Å². The van der Waals surface area contributed by atoms with E-state index in [1.54, 1.807) is 12.1 Å². The topological polar surface area (TPSA) is 40.6 Å². The van der Waals surface area contributed by atoms with Gasteiger partial charge in [-0.05, 0) is 37.8 Å². The van der Waals surface area contributed by atoms with Gasteiger partial charge in [0.25, 0.3) is 11.8 Å². The second-order valence-corrected chi connectivity index (χ2v) is 7.25. The molecule has 2 aliphatic rings. The van der Waals surface area contributed by atoms with Crippen molar-refractivity contribution in [2.75, 3.05) is 14.1 Å². The van der Waals surface area contributed by atoms with Crippen LogP contribution >= 0.6 is 0 Å². The first-order valence-corrected chi connectivity index (χ1v) is 9.23. The van der Waals surface area contributed by atoms with E-state index in [1.165, 1.54) is 25.7 Å². The van der Waals surface area contributed by atoms with Crippen LogP contribution in [0.1, 0.15) is 72.1 Å². The quantitative estimate of drug-likeness (QED) is 0.845. The van der Waals surface area contributed by atoms with Gasteiger partial charge in [0, 0.05) is 26.2 Å². The third-order valence-corrected chi connectivity index (χ3v) is 5.77. The predicted octanol–water partition coefficient (Wildman–Crippen LogP) is 3.72. The zero-order chi connectivity index (χ0) is 17.1. The molecule has 2 saturated carbocycles. The van der Waals surface area contributed by atoms with Gasteiger partial charge in [0.2, 0.25) is 0 Å². The Morgan fingerprint density at radius 3 is 1.42 bits per heavy atom. The molecule has 24 heavy (non-hydrogen) atoms. The molecule has 1 aromatic carbocycles. The van der Waals surface area contributed by atoms with Crippen molar-refractivity contribution in [2.45, 2.75) is 63.5 Å². The molecule has 4 heteroatoms. The Labute approximate surface area is 144 Å².